The van der Waals surface area contributed by atoms with Crippen molar-refractivity contribution in [2.75, 3.05) is 6.61 Å². The maximum absolute atomic E-state index is 12.6. The van der Waals surface area contributed by atoms with Gasteiger partial charge >= 0.3 is 0 Å². The van der Waals surface area contributed by atoms with Crippen molar-refractivity contribution in [2.45, 2.75) is 0 Å². The Morgan fingerprint density at radius 3 is 2.84 bits per heavy atom. The van der Waals surface area contributed by atoms with Crippen LogP contribution in [-0.4, -0.2) is 6.61 Å². The second kappa shape index (κ2) is 3.72. The predicted molar refractivity (Wildman–Crippen MR) is 74.5 cm³/mol. The lowest BCUT2D eigenvalue weighted by molar-refractivity contribution is 0.359. The molecule has 19 heavy (non-hydrogen) atoms. The summed E-state index contributed by atoms with van der Waals surface area (Å²) in [4.78, 5) is 12.6. The highest BCUT2D eigenvalue weighted by molar-refractivity contribution is 5.96. The molecule has 3 nitrogen and oxygen atoms in total. The Morgan fingerprint density at radius 2 is 1.89 bits per heavy atom. The molecule has 0 atom stereocenters. The molecule has 0 amide bonds. The normalized spacial score (nSPS) is 13.5. The van der Waals surface area contributed by atoms with Crippen LogP contribution in [-0.2, 0) is 0 Å². The first-order chi connectivity index (χ1) is 9.34. The van der Waals surface area contributed by atoms with Crippen molar-refractivity contribution in [3.8, 4) is 5.75 Å². The lowest BCUT2D eigenvalue weighted by Crippen LogP contribution is -2.07. The van der Waals surface area contributed by atoms with Gasteiger partial charge in [-0.25, -0.2) is 0 Å². The molecule has 0 aliphatic carbocycles. The molecule has 92 valence electrons. The lowest BCUT2D eigenvalue weighted by atomic mass is 10.0. The first-order valence-corrected chi connectivity index (χ1v) is 6.12. The average molecular weight is 250 g/mol. The third-order valence-electron chi connectivity index (χ3n) is 3.37. The van der Waals surface area contributed by atoms with Gasteiger partial charge in [0.15, 0.2) is 0 Å². The van der Waals surface area contributed by atoms with E-state index in [1.165, 1.54) is 0 Å². The first kappa shape index (κ1) is 10.4. The summed E-state index contributed by atoms with van der Waals surface area (Å²) in [5.74, 6) is 0.734. The van der Waals surface area contributed by atoms with Crippen LogP contribution in [0, 0.1) is 0 Å². The van der Waals surface area contributed by atoms with E-state index in [0.717, 1.165) is 11.3 Å². The van der Waals surface area contributed by atoms with Gasteiger partial charge in [-0.2, -0.15) is 0 Å². The van der Waals surface area contributed by atoms with Crippen LogP contribution < -0.4 is 10.2 Å². The van der Waals surface area contributed by atoms with Gasteiger partial charge in [-0.15, -0.1) is 0 Å². The highest BCUT2D eigenvalue weighted by atomic mass is 16.5. The highest BCUT2D eigenvalue weighted by Gasteiger charge is 2.15. The van der Waals surface area contributed by atoms with Gasteiger partial charge in [-0.1, -0.05) is 18.2 Å². The average Bonchev–Trinajstić information content (AvgIpc) is 2.47. The Labute approximate surface area is 108 Å². The summed E-state index contributed by atoms with van der Waals surface area (Å²) in [6.07, 6.45) is 3.82. The van der Waals surface area contributed by atoms with E-state index in [1.807, 2.05) is 36.4 Å². The topological polar surface area (TPSA) is 39.4 Å². The molecule has 2 aromatic carbocycles. The van der Waals surface area contributed by atoms with Gasteiger partial charge in [-0.3, -0.25) is 4.79 Å². The quantitative estimate of drug-likeness (QED) is 0.574. The predicted octanol–water partition coefficient (Wildman–Crippen LogP) is 3.35. The van der Waals surface area contributed by atoms with E-state index in [1.54, 1.807) is 12.1 Å². The van der Waals surface area contributed by atoms with Crippen LogP contribution in [0.5, 0.6) is 5.75 Å². The van der Waals surface area contributed by atoms with Crippen LogP contribution in [0.3, 0.4) is 0 Å². The van der Waals surface area contributed by atoms with Gasteiger partial charge in [0.2, 0.25) is 5.43 Å². The standard InChI is InChI=1S/C16H10O3/c17-16-11-4-1-2-6-13(11)19-14-8-7-12-10(15(14)16)5-3-9-18-12/h1-8H,9H2. The van der Waals surface area contributed by atoms with Crippen LogP contribution in [0.1, 0.15) is 5.56 Å². The lowest BCUT2D eigenvalue weighted by Gasteiger charge is -2.13. The molecular formula is C16H10O3. The second-order valence-corrected chi connectivity index (χ2v) is 4.49. The van der Waals surface area contributed by atoms with Crippen molar-refractivity contribution in [3.63, 3.8) is 0 Å². The summed E-state index contributed by atoms with van der Waals surface area (Å²) in [5, 5.41) is 1.19. The Kier molecular flexibility index (Phi) is 2.03. The molecule has 0 N–H and O–H groups in total. The molecule has 0 unspecified atom stereocenters. The maximum Gasteiger partial charge on any atom is 0.201 e. The number of ether oxygens (including phenoxy) is 1. The molecule has 3 heteroatoms. The largest absolute Gasteiger partial charge is 0.489 e. The Balaban J connectivity index is 2.27. The van der Waals surface area contributed by atoms with E-state index in [-0.39, 0.29) is 5.43 Å². The van der Waals surface area contributed by atoms with E-state index < -0.39 is 0 Å². The third-order valence-corrected chi connectivity index (χ3v) is 3.37. The van der Waals surface area contributed by atoms with Gasteiger partial charge in [0.25, 0.3) is 0 Å². The van der Waals surface area contributed by atoms with E-state index >= 15 is 0 Å². The molecule has 1 aliphatic rings. The van der Waals surface area contributed by atoms with Crippen molar-refractivity contribution in [1.29, 1.82) is 0 Å². The zero-order valence-electron chi connectivity index (χ0n) is 10.1. The molecular weight excluding hydrogens is 240 g/mol. The third kappa shape index (κ3) is 1.41. The highest BCUT2D eigenvalue weighted by Crippen LogP contribution is 2.31. The van der Waals surface area contributed by atoms with Gasteiger partial charge in [0, 0.05) is 5.56 Å². The fraction of sp³-hybridized carbons (Fsp3) is 0.0625. The molecule has 4 rings (SSSR count). The molecule has 0 saturated carbocycles. The molecule has 3 aromatic rings. The molecule has 0 spiro atoms. The van der Waals surface area contributed by atoms with Crippen molar-refractivity contribution < 1.29 is 9.15 Å². The zero-order valence-corrected chi connectivity index (χ0v) is 10.1. The van der Waals surface area contributed by atoms with Crippen molar-refractivity contribution in [2.24, 2.45) is 0 Å². The minimum Gasteiger partial charge on any atom is -0.489 e. The van der Waals surface area contributed by atoms with Crippen LogP contribution >= 0.6 is 0 Å². The molecule has 2 heterocycles. The maximum atomic E-state index is 12.6. The number of benzene rings is 2. The van der Waals surface area contributed by atoms with Gasteiger partial charge in [0.05, 0.1) is 10.8 Å². The summed E-state index contributed by atoms with van der Waals surface area (Å²) in [5.41, 5.74) is 2.00. The molecule has 0 radical (unpaired) electrons. The number of hydrogen-bond donors (Lipinski definition) is 0. The molecule has 1 aromatic heterocycles. The minimum absolute atomic E-state index is 0.0103. The summed E-state index contributed by atoms with van der Waals surface area (Å²) >= 11 is 0. The smallest absolute Gasteiger partial charge is 0.201 e. The van der Waals surface area contributed by atoms with Gasteiger partial charge in [-0.05, 0) is 30.3 Å². The van der Waals surface area contributed by atoms with Crippen molar-refractivity contribution in [1.82, 2.24) is 0 Å². The molecule has 1 aliphatic heterocycles. The zero-order chi connectivity index (χ0) is 12.8. The summed E-state index contributed by atoms with van der Waals surface area (Å²) < 4.78 is 11.3. The van der Waals surface area contributed by atoms with E-state index in [9.17, 15) is 4.79 Å². The summed E-state index contributed by atoms with van der Waals surface area (Å²) in [6.45, 7) is 0.539. The number of fused-ring (bicyclic) bond motifs is 4. The van der Waals surface area contributed by atoms with Crippen molar-refractivity contribution in [3.05, 3.63) is 58.3 Å². The Hall–Kier alpha value is -2.55. The number of rotatable bonds is 0. The molecule has 0 fully saturated rings. The second-order valence-electron chi connectivity index (χ2n) is 4.49. The number of hydrogen-bond acceptors (Lipinski definition) is 3. The van der Waals surface area contributed by atoms with Gasteiger partial charge < -0.3 is 9.15 Å². The number of para-hydroxylation sites is 1. The Morgan fingerprint density at radius 1 is 1.00 bits per heavy atom. The Bertz CT molecular complexity index is 888. The molecule has 0 saturated heterocycles. The van der Waals surface area contributed by atoms with E-state index in [0.29, 0.717) is 28.5 Å². The van der Waals surface area contributed by atoms with E-state index in [2.05, 4.69) is 0 Å². The monoisotopic (exact) mass is 250 g/mol. The van der Waals surface area contributed by atoms with Crippen LogP contribution in [0.2, 0.25) is 0 Å². The fourth-order valence-corrected chi connectivity index (χ4v) is 2.49. The van der Waals surface area contributed by atoms with Gasteiger partial charge in [0.1, 0.15) is 23.5 Å². The van der Waals surface area contributed by atoms with Crippen LogP contribution in [0.4, 0.5) is 0 Å². The summed E-state index contributed by atoms with van der Waals surface area (Å²) in [6, 6.07) is 10.9. The van der Waals surface area contributed by atoms with E-state index in [4.69, 9.17) is 9.15 Å². The van der Waals surface area contributed by atoms with Crippen LogP contribution in [0.25, 0.3) is 28.0 Å². The minimum atomic E-state index is -0.0103. The first-order valence-electron chi connectivity index (χ1n) is 6.12. The molecule has 0 bridgehead atoms. The SMILES string of the molecule is O=c1c2ccccc2oc2ccc3c(c12)C=CCO3. The van der Waals surface area contributed by atoms with Crippen molar-refractivity contribution >= 4 is 28.0 Å². The van der Waals surface area contributed by atoms with Crippen LogP contribution in [0.15, 0.2) is 51.7 Å². The fourth-order valence-electron chi connectivity index (χ4n) is 2.49. The summed E-state index contributed by atoms with van der Waals surface area (Å²) in [7, 11) is 0.